The SMILES string of the molecule is CCC(/C=C(/CC)[O][Al]([CH2]C)[CH2]C)=NC. The third-order valence-electron chi connectivity index (χ3n) is 2.55. The highest BCUT2D eigenvalue weighted by Gasteiger charge is 2.18. The largest absolute Gasteiger partial charge is 0.646 e. The van der Waals surface area contributed by atoms with Crippen molar-refractivity contribution in [2.75, 3.05) is 7.05 Å². The van der Waals surface area contributed by atoms with Crippen LogP contribution in [-0.4, -0.2) is 27.2 Å². The Morgan fingerprint density at radius 2 is 1.73 bits per heavy atom. The maximum absolute atomic E-state index is 6.05. The van der Waals surface area contributed by atoms with Gasteiger partial charge < -0.3 is 3.79 Å². The van der Waals surface area contributed by atoms with Crippen molar-refractivity contribution in [2.45, 2.75) is 51.1 Å². The minimum absolute atomic E-state index is 0.972. The fraction of sp³-hybridized carbons (Fsp3) is 0.750. The summed E-state index contributed by atoms with van der Waals surface area (Å²) in [5.41, 5.74) is 1.13. The summed E-state index contributed by atoms with van der Waals surface area (Å²) in [5.74, 6) is 1.12. The van der Waals surface area contributed by atoms with Gasteiger partial charge in [0.1, 0.15) is 0 Å². The molecule has 0 amide bonds. The van der Waals surface area contributed by atoms with Gasteiger partial charge in [0.25, 0.3) is 0 Å². The summed E-state index contributed by atoms with van der Waals surface area (Å²) in [6.45, 7) is 8.72. The summed E-state index contributed by atoms with van der Waals surface area (Å²) in [6, 6.07) is 0. The maximum Gasteiger partial charge on any atom is 0.546 e. The van der Waals surface area contributed by atoms with Gasteiger partial charge >= 0.3 is 14.5 Å². The van der Waals surface area contributed by atoms with Crippen LogP contribution in [0.3, 0.4) is 0 Å². The van der Waals surface area contributed by atoms with Crippen LogP contribution in [0.4, 0.5) is 0 Å². The average Bonchev–Trinajstić information content (AvgIpc) is 2.30. The van der Waals surface area contributed by atoms with Gasteiger partial charge in [-0.3, -0.25) is 4.99 Å². The van der Waals surface area contributed by atoms with Crippen molar-refractivity contribution in [3.05, 3.63) is 11.8 Å². The van der Waals surface area contributed by atoms with Crippen LogP contribution >= 0.6 is 0 Å². The number of aliphatic imine (C=N–C) groups is 1. The number of hydrogen-bond acceptors (Lipinski definition) is 2. The lowest BCUT2D eigenvalue weighted by molar-refractivity contribution is 0.415. The zero-order valence-electron chi connectivity index (χ0n) is 10.8. The highest BCUT2D eigenvalue weighted by molar-refractivity contribution is 6.51. The molecule has 0 bridgehead atoms. The Bertz CT molecular complexity index is 220. The third kappa shape index (κ3) is 6.02. The number of nitrogens with zero attached hydrogens (tertiary/aromatic N) is 1. The Morgan fingerprint density at radius 3 is 2.07 bits per heavy atom. The first-order chi connectivity index (χ1) is 7.21. The molecule has 0 saturated carbocycles. The Kier molecular flexibility index (Phi) is 8.85. The molecule has 0 aliphatic rings. The molecule has 2 nitrogen and oxygen atoms in total. The normalized spacial score (nSPS) is 12.9. The van der Waals surface area contributed by atoms with Crippen LogP contribution in [-0.2, 0) is 3.79 Å². The maximum atomic E-state index is 6.05. The second kappa shape index (κ2) is 9.00. The fourth-order valence-electron chi connectivity index (χ4n) is 1.40. The van der Waals surface area contributed by atoms with Crippen LogP contribution in [0.5, 0.6) is 0 Å². The predicted molar refractivity (Wildman–Crippen MR) is 69.8 cm³/mol. The molecule has 0 aromatic heterocycles. The van der Waals surface area contributed by atoms with E-state index >= 15 is 0 Å². The van der Waals surface area contributed by atoms with E-state index in [1.54, 1.807) is 0 Å². The average molecular weight is 225 g/mol. The smallest absolute Gasteiger partial charge is 0.546 e. The van der Waals surface area contributed by atoms with Gasteiger partial charge in [-0.25, -0.2) is 0 Å². The zero-order chi connectivity index (χ0) is 11.7. The van der Waals surface area contributed by atoms with E-state index in [9.17, 15) is 0 Å². The molecule has 0 unspecified atom stereocenters. The highest BCUT2D eigenvalue weighted by Crippen LogP contribution is 2.11. The lowest BCUT2D eigenvalue weighted by Gasteiger charge is -2.15. The van der Waals surface area contributed by atoms with Gasteiger partial charge in [-0.2, -0.15) is 0 Å². The lowest BCUT2D eigenvalue weighted by Crippen LogP contribution is -2.15. The highest BCUT2D eigenvalue weighted by atomic mass is 27.2. The van der Waals surface area contributed by atoms with Gasteiger partial charge in [0.05, 0.1) is 5.76 Å². The van der Waals surface area contributed by atoms with Crippen molar-refractivity contribution in [1.29, 1.82) is 0 Å². The minimum atomic E-state index is -0.972. The van der Waals surface area contributed by atoms with Crippen LogP contribution in [0, 0.1) is 0 Å². The van der Waals surface area contributed by atoms with Gasteiger partial charge in [-0.05, 0) is 18.9 Å². The van der Waals surface area contributed by atoms with E-state index in [0.717, 1.165) is 24.3 Å². The molecule has 0 aromatic rings. The Morgan fingerprint density at radius 1 is 1.13 bits per heavy atom. The second-order valence-electron chi connectivity index (χ2n) is 3.59. The van der Waals surface area contributed by atoms with Gasteiger partial charge in [0.15, 0.2) is 0 Å². The van der Waals surface area contributed by atoms with E-state index < -0.39 is 14.5 Å². The summed E-state index contributed by atoms with van der Waals surface area (Å²) >= 11 is -0.972. The van der Waals surface area contributed by atoms with Crippen molar-refractivity contribution in [3.63, 3.8) is 0 Å². The fourth-order valence-corrected chi connectivity index (χ4v) is 2.97. The molecule has 0 radical (unpaired) electrons. The van der Waals surface area contributed by atoms with Crippen molar-refractivity contribution >= 4 is 20.2 Å². The molecule has 0 spiro atoms. The third-order valence-corrected chi connectivity index (χ3v) is 5.01. The minimum Gasteiger partial charge on any atom is -0.646 e. The Balaban J connectivity index is 4.47. The standard InChI is InChI=1S/C8H15NO.2C2H5.Al/c1-4-7(9-3)6-8(10)5-2;2*1-2;/h6,10H,4-5H2,1-3H3;2*1H2,2H3;/q;;;+1/p-1/b8-6-,9-7?;;;. The molecule has 3 heteroatoms. The molecule has 15 heavy (non-hydrogen) atoms. The second-order valence-corrected chi connectivity index (χ2v) is 6.70. The number of allylic oxidation sites excluding steroid dienone is 2. The van der Waals surface area contributed by atoms with Gasteiger partial charge in [0.2, 0.25) is 0 Å². The molecule has 0 fully saturated rings. The van der Waals surface area contributed by atoms with Gasteiger partial charge in [0, 0.05) is 12.8 Å². The lowest BCUT2D eigenvalue weighted by atomic mass is 10.2. The number of rotatable bonds is 7. The summed E-state index contributed by atoms with van der Waals surface area (Å²) in [5, 5.41) is 2.41. The molecular weight excluding hydrogens is 201 g/mol. The van der Waals surface area contributed by atoms with Crippen molar-refractivity contribution in [3.8, 4) is 0 Å². The van der Waals surface area contributed by atoms with Crippen molar-refractivity contribution < 1.29 is 3.79 Å². The molecule has 0 N–H and O–H groups in total. The summed E-state index contributed by atoms with van der Waals surface area (Å²) in [4.78, 5) is 4.23. The van der Waals surface area contributed by atoms with E-state index in [2.05, 4.69) is 38.8 Å². The first kappa shape index (κ1) is 14.7. The first-order valence-corrected chi connectivity index (χ1v) is 8.14. The Hall–Kier alpha value is -0.258. The van der Waals surface area contributed by atoms with Crippen LogP contribution in [0.2, 0.25) is 10.6 Å². The van der Waals surface area contributed by atoms with Crippen molar-refractivity contribution in [2.24, 2.45) is 4.99 Å². The molecule has 86 valence electrons. The molecule has 0 aromatic carbocycles. The van der Waals surface area contributed by atoms with E-state index in [-0.39, 0.29) is 0 Å². The quantitative estimate of drug-likeness (QED) is 0.367. The zero-order valence-corrected chi connectivity index (χ0v) is 12.0. The molecule has 0 heterocycles. The molecular formula is C12H24AlNO. The molecule has 0 saturated heterocycles. The van der Waals surface area contributed by atoms with Crippen LogP contribution < -0.4 is 0 Å². The van der Waals surface area contributed by atoms with Gasteiger partial charge in [-0.1, -0.05) is 38.3 Å². The van der Waals surface area contributed by atoms with E-state index in [4.69, 9.17) is 3.79 Å². The summed E-state index contributed by atoms with van der Waals surface area (Å²) in [6.07, 6.45) is 4.07. The summed E-state index contributed by atoms with van der Waals surface area (Å²) < 4.78 is 6.05. The van der Waals surface area contributed by atoms with Gasteiger partial charge in [-0.15, -0.1) is 0 Å². The molecule has 0 aliphatic carbocycles. The van der Waals surface area contributed by atoms with Crippen molar-refractivity contribution in [1.82, 2.24) is 0 Å². The van der Waals surface area contributed by atoms with E-state index in [1.165, 1.54) is 10.6 Å². The van der Waals surface area contributed by atoms with Crippen LogP contribution in [0.15, 0.2) is 16.8 Å². The van der Waals surface area contributed by atoms with E-state index in [0.29, 0.717) is 0 Å². The first-order valence-electron chi connectivity index (χ1n) is 6.04. The van der Waals surface area contributed by atoms with Crippen LogP contribution in [0.25, 0.3) is 0 Å². The Labute approximate surface area is 99.2 Å². The topological polar surface area (TPSA) is 21.6 Å². The molecule has 0 aliphatic heterocycles. The number of hydrogen-bond donors (Lipinski definition) is 0. The summed E-state index contributed by atoms with van der Waals surface area (Å²) in [7, 11) is 1.84. The monoisotopic (exact) mass is 225 g/mol. The van der Waals surface area contributed by atoms with Crippen LogP contribution in [0.1, 0.15) is 40.5 Å². The predicted octanol–water partition coefficient (Wildman–Crippen LogP) is 3.81. The molecule has 0 atom stereocenters. The molecule has 0 rings (SSSR count). The van der Waals surface area contributed by atoms with E-state index in [1.807, 2.05) is 7.05 Å².